The molecule has 0 aliphatic carbocycles. The lowest BCUT2D eigenvalue weighted by Crippen LogP contribution is -2.56. The number of hydrogen-bond donors (Lipinski definition) is 1. The average molecular weight is 146 g/mol. The molecule has 0 aromatic heterocycles. The van der Waals surface area contributed by atoms with Crippen molar-refractivity contribution in [2.24, 2.45) is 0 Å². The molecular weight excluding hydrogens is 131 g/mol. The van der Waals surface area contributed by atoms with Crippen molar-refractivity contribution in [1.82, 2.24) is 10.2 Å². The topological polar surface area (TPSA) is 15.3 Å². The van der Waals surface area contributed by atoms with Gasteiger partial charge in [-0.3, -0.25) is 4.90 Å². The van der Waals surface area contributed by atoms with E-state index >= 15 is 0 Å². The molecule has 0 aromatic rings. The number of likely N-dealkylation sites (tertiary alicyclic amines) is 1. The van der Waals surface area contributed by atoms with E-state index in [2.05, 4.69) is 10.2 Å². The van der Waals surface area contributed by atoms with E-state index in [0.717, 1.165) is 26.1 Å². The largest absolute Gasteiger partial charge is 0.314 e. The van der Waals surface area contributed by atoms with Crippen molar-refractivity contribution in [1.29, 1.82) is 0 Å². The van der Waals surface area contributed by atoms with E-state index in [1.54, 1.807) is 0 Å². The first-order chi connectivity index (χ1) is 4.86. The first-order valence-electron chi connectivity index (χ1n) is 3.95. The highest BCUT2D eigenvalue weighted by Gasteiger charge is 2.30. The molecule has 0 aromatic carbocycles. The third-order valence-corrected chi connectivity index (χ3v) is 2.44. The van der Waals surface area contributed by atoms with Gasteiger partial charge in [0.25, 0.3) is 0 Å². The zero-order valence-electron chi connectivity index (χ0n) is 6.02. The summed E-state index contributed by atoms with van der Waals surface area (Å²) < 4.78 is 12.6. The second kappa shape index (κ2) is 2.47. The Balaban J connectivity index is 0.000000605. The van der Waals surface area contributed by atoms with Crippen LogP contribution < -0.4 is 5.32 Å². The molecule has 0 unspecified atom stereocenters. The third kappa shape index (κ3) is 1.04. The number of hydrogen-bond acceptors (Lipinski definition) is 2. The van der Waals surface area contributed by atoms with E-state index in [4.69, 9.17) is 0 Å². The van der Waals surface area contributed by atoms with Crippen molar-refractivity contribution in [3.05, 3.63) is 0 Å². The summed E-state index contributed by atoms with van der Waals surface area (Å²) in [6.07, 6.45) is 0.192. The van der Waals surface area contributed by atoms with E-state index in [0.29, 0.717) is 12.6 Å². The maximum Gasteiger partial charge on any atom is 0.114 e. The summed E-state index contributed by atoms with van der Waals surface area (Å²) in [5.41, 5.74) is 0. The third-order valence-electron chi connectivity index (χ3n) is 2.44. The monoisotopic (exact) mass is 146 g/mol. The predicted octanol–water partition coefficient (Wildman–Crippen LogP) is 0.248. The molecule has 0 radical (unpaired) electrons. The van der Waals surface area contributed by atoms with Crippen molar-refractivity contribution in [2.45, 2.75) is 18.6 Å². The second-order valence-electron chi connectivity index (χ2n) is 3.19. The number of nitrogens with one attached hydrogen (secondary N) is 1. The van der Waals surface area contributed by atoms with Gasteiger partial charge in [-0.25, -0.2) is 4.39 Å². The molecule has 0 amide bonds. The lowest BCUT2D eigenvalue weighted by atomic mass is 10.1. The van der Waals surface area contributed by atoms with Crippen molar-refractivity contribution >= 4 is 0 Å². The van der Waals surface area contributed by atoms with Crippen LogP contribution in [0.25, 0.3) is 0 Å². The van der Waals surface area contributed by atoms with Crippen molar-refractivity contribution in [3.63, 3.8) is 0 Å². The Labute approximate surface area is 61.9 Å². The van der Waals surface area contributed by atoms with Crippen molar-refractivity contribution in [2.75, 3.05) is 26.2 Å². The first kappa shape index (κ1) is 6.55. The zero-order chi connectivity index (χ0) is 6.97. The smallest absolute Gasteiger partial charge is 0.114 e. The van der Waals surface area contributed by atoms with Gasteiger partial charge in [-0.15, -0.1) is 0 Å². The molecule has 2 saturated heterocycles. The van der Waals surface area contributed by atoms with E-state index in [-0.39, 0.29) is 1.43 Å². The molecule has 60 valence electrons. The highest BCUT2D eigenvalue weighted by Crippen LogP contribution is 2.16. The Kier molecular flexibility index (Phi) is 1.62. The molecule has 2 aliphatic heterocycles. The van der Waals surface area contributed by atoms with Crippen molar-refractivity contribution < 1.29 is 5.82 Å². The Hall–Kier alpha value is -0.150. The van der Waals surface area contributed by atoms with Crippen LogP contribution in [-0.2, 0) is 0 Å². The number of alkyl halides is 1. The predicted molar refractivity (Wildman–Crippen MR) is 39.9 cm³/mol. The Bertz CT molecular complexity index is 130. The Morgan fingerprint density at radius 2 is 2.30 bits per heavy atom. The van der Waals surface area contributed by atoms with Gasteiger partial charge in [0.05, 0.1) is 0 Å². The van der Waals surface area contributed by atoms with Gasteiger partial charge < -0.3 is 5.32 Å². The van der Waals surface area contributed by atoms with Gasteiger partial charge in [-0.1, -0.05) is 0 Å². The van der Waals surface area contributed by atoms with Crippen LogP contribution in [0.15, 0.2) is 0 Å². The molecule has 2 fully saturated rings. The molecule has 0 saturated carbocycles. The number of nitrogens with zero attached hydrogens (tertiary/aromatic N) is 1. The normalized spacial score (nSPS) is 36.3. The molecule has 2 nitrogen and oxygen atoms in total. The van der Waals surface area contributed by atoms with Gasteiger partial charge in [0.15, 0.2) is 0 Å². The van der Waals surface area contributed by atoms with Gasteiger partial charge >= 0.3 is 0 Å². The lowest BCUT2D eigenvalue weighted by Gasteiger charge is -2.35. The minimum Gasteiger partial charge on any atom is -0.314 e. The Morgan fingerprint density at radius 3 is 2.70 bits per heavy atom. The summed E-state index contributed by atoms with van der Waals surface area (Å²) in [5.74, 6) is 0. The molecule has 2 aliphatic rings. The molecule has 2 heterocycles. The van der Waals surface area contributed by atoms with E-state index in [9.17, 15) is 4.39 Å². The minimum atomic E-state index is -0.555. The van der Waals surface area contributed by atoms with Gasteiger partial charge in [0.1, 0.15) is 6.17 Å². The molecule has 2 rings (SSSR count). The molecule has 0 spiro atoms. The standard InChI is InChI=1S/C7H13FN2.H2/c8-6-1-2-10(5-6)7-3-9-4-7;/h6-7,9H,1-5H2;1H/t6-;/m1./s1. The van der Waals surface area contributed by atoms with Gasteiger partial charge in [0.2, 0.25) is 0 Å². The molecular formula is C7H15FN2. The summed E-state index contributed by atoms with van der Waals surface area (Å²) in [4.78, 5) is 2.25. The van der Waals surface area contributed by atoms with Gasteiger partial charge in [0, 0.05) is 33.6 Å². The van der Waals surface area contributed by atoms with Crippen LogP contribution in [0, 0.1) is 0 Å². The minimum absolute atomic E-state index is 0. The molecule has 1 atom stereocenters. The highest BCUT2D eigenvalue weighted by molar-refractivity contribution is 4.89. The van der Waals surface area contributed by atoms with E-state index < -0.39 is 6.17 Å². The summed E-state index contributed by atoms with van der Waals surface area (Å²) in [5, 5.41) is 3.19. The van der Waals surface area contributed by atoms with Crippen LogP contribution in [-0.4, -0.2) is 43.3 Å². The molecule has 0 bridgehead atoms. The van der Waals surface area contributed by atoms with Crippen LogP contribution in [0.5, 0.6) is 0 Å². The average Bonchev–Trinajstić information content (AvgIpc) is 2.10. The fraction of sp³-hybridized carbons (Fsp3) is 1.00. The number of halogens is 1. The summed E-state index contributed by atoms with van der Waals surface area (Å²) in [6, 6.07) is 0.640. The fourth-order valence-corrected chi connectivity index (χ4v) is 1.61. The fourth-order valence-electron chi connectivity index (χ4n) is 1.61. The SMILES string of the molecule is F[C@@H]1CCN(C2CNC2)C1.[HH]. The van der Waals surface area contributed by atoms with Crippen molar-refractivity contribution in [3.8, 4) is 0 Å². The number of rotatable bonds is 1. The second-order valence-corrected chi connectivity index (χ2v) is 3.19. The van der Waals surface area contributed by atoms with Crippen LogP contribution >= 0.6 is 0 Å². The highest BCUT2D eigenvalue weighted by atomic mass is 19.1. The van der Waals surface area contributed by atoms with Crippen LogP contribution in [0.3, 0.4) is 0 Å². The first-order valence-corrected chi connectivity index (χ1v) is 3.95. The summed E-state index contributed by atoms with van der Waals surface area (Å²) >= 11 is 0. The van der Waals surface area contributed by atoms with Gasteiger partial charge in [-0.2, -0.15) is 0 Å². The maximum atomic E-state index is 12.6. The summed E-state index contributed by atoms with van der Waals surface area (Å²) in [6.45, 7) is 3.76. The molecule has 1 N–H and O–H groups in total. The van der Waals surface area contributed by atoms with E-state index in [1.807, 2.05) is 0 Å². The van der Waals surface area contributed by atoms with Crippen LogP contribution in [0.2, 0.25) is 0 Å². The zero-order valence-corrected chi connectivity index (χ0v) is 6.02. The Morgan fingerprint density at radius 1 is 1.50 bits per heavy atom. The molecule has 10 heavy (non-hydrogen) atoms. The summed E-state index contributed by atoms with van der Waals surface area (Å²) in [7, 11) is 0. The lowest BCUT2D eigenvalue weighted by molar-refractivity contribution is 0.167. The van der Waals surface area contributed by atoms with Crippen LogP contribution in [0.4, 0.5) is 4.39 Å². The van der Waals surface area contributed by atoms with Gasteiger partial charge in [-0.05, 0) is 6.42 Å². The maximum absolute atomic E-state index is 12.6. The quantitative estimate of drug-likeness (QED) is 0.570. The molecule has 3 heteroatoms. The van der Waals surface area contributed by atoms with E-state index in [1.165, 1.54) is 0 Å². The van der Waals surface area contributed by atoms with Crippen LogP contribution in [0.1, 0.15) is 7.85 Å².